The van der Waals surface area contributed by atoms with Crippen molar-refractivity contribution in [2.75, 3.05) is 5.75 Å². The molecule has 2 rings (SSSR count). The van der Waals surface area contributed by atoms with Crippen LogP contribution >= 0.6 is 0 Å². The van der Waals surface area contributed by atoms with Crippen LogP contribution in [0.2, 0.25) is 0 Å². The van der Waals surface area contributed by atoms with Gasteiger partial charge in [-0.1, -0.05) is 0 Å². The number of hydrogen-bond donors (Lipinski definition) is 2. The van der Waals surface area contributed by atoms with E-state index in [0.717, 1.165) is 0 Å². The Labute approximate surface area is 97.7 Å². The summed E-state index contributed by atoms with van der Waals surface area (Å²) < 4.78 is 49.9. The summed E-state index contributed by atoms with van der Waals surface area (Å²) in [7, 11) is -3.49. The Balaban J connectivity index is 1.80. The minimum Gasteiger partial charge on any atom is -0.281 e. The first-order chi connectivity index (χ1) is 7.98. The summed E-state index contributed by atoms with van der Waals surface area (Å²) in [5.41, 5.74) is 0.634. The van der Waals surface area contributed by atoms with E-state index in [4.69, 9.17) is 0 Å². The maximum absolute atomic E-state index is 12.2. The van der Waals surface area contributed by atoms with Crippen molar-refractivity contribution >= 4 is 10.0 Å². The number of rotatable bonds is 6. The monoisotopic (exact) mass is 265 g/mol. The van der Waals surface area contributed by atoms with Crippen molar-refractivity contribution in [2.45, 2.75) is 19.4 Å². The van der Waals surface area contributed by atoms with Crippen LogP contribution in [0.5, 0.6) is 0 Å². The van der Waals surface area contributed by atoms with Crippen LogP contribution in [-0.4, -0.2) is 30.8 Å². The van der Waals surface area contributed by atoms with Gasteiger partial charge in [0, 0.05) is 12.1 Å². The maximum Gasteiger partial charge on any atom is 0.241 e. The highest BCUT2D eigenvalue weighted by Gasteiger charge is 2.46. The van der Waals surface area contributed by atoms with Crippen LogP contribution < -0.4 is 4.72 Å². The first kappa shape index (κ1) is 12.4. The Morgan fingerprint density at radius 3 is 2.88 bits per heavy atom. The average Bonchev–Trinajstić information content (AvgIpc) is 2.79. The summed E-state index contributed by atoms with van der Waals surface area (Å²) in [6, 6.07) is 1.64. The van der Waals surface area contributed by atoms with Crippen molar-refractivity contribution in [3.63, 3.8) is 0 Å². The van der Waals surface area contributed by atoms with Gasteiger partial charge in [-0.05, 0) is 18.4 Å². The van der Waals surface area contributed by atoms with Gasteiger partial charge in [0.05, 0.1) is 18.0 Å². The number of aromatic nitrogens is 2. The van der Waals surface area contributed by atoms with E-state index in [9.17, 15) is 17.2 Å². The molecular formula is C9H13F2N3O2S. The lowest BCUT2D eigenvalue weighted by Crippen LogP contribution is -2.27. The second kappa shape index (κ2) is 4.69. The van der Waals surface area contributed by atoms with Gasteiger partial charge in [0.2, 0.25) is 16.4 Å². The zero-order valence-corrected chi connectivity index (χ0v) is 9.75. The summed E-state index contributed by atoms with van der Waals surface area (Å²) in [6.45, 7) is 0.106. The second-order valence-corrected chi connectivity index (χ2v) is 6.03. The molecule has 0 amide bonds. The van der Waals surface area contributed by atoms with E-state index in [2.05, 4.69) is 14.9 Å². The van der Waals surface area contributed by atoms with Gasteiger partial charge in [-0.2, -0.15) is 5.10 Å². The summed E-state index contributed by atoms with van der Waals surface area (Å²) in [6.07, 6.45) is -0.609. The molecule has 8 heteroatoms. The van der Waals surface area contributed by atoms with E-state index in [1.807, 2.05) is 0 Å². The third-order valence-electron chi connectivity index (χ3n) is 2.78. The SMILES string of the molecule is O=S(=O)(C[C@@H]1C[C@H]1C(F)F)NCc1ccn[nH]1. The van der Waals surface area contributed by atoms with E-state index in [1.165, 1.54) is 6.20 Å². The van der Waals surface area contributed by atoms with Gasteiger partial charge in [-0.3, -0.25) is 5.10 Å². The van der Waals surface area contributed by atoms with E-state index in [-0.39, 0.29) is 12.3 Å². The summed E-state index contributed by atoms with van der Waals surface area (Å²) in [5, 5.41) is 6.28. The normalized spacial score (nSPS) is 24.2. The molecule has 1 fully saturated rings. The molecule has 1 saturated carbocycles. The number of nitrogens with one attached hydrogen (secondary N) is 2. The third kappa shape index (κ3) is 3.47. The fraction of sp³-hybridized carbons (Fsp3) is 0.667. The predicted molar refractivity (Wildman–Crippen MR) is 56.8 cm³/mol. The molecule has 1 aromatic rings. The number of nitrogens with zero attached hydrogens (tertiary/aromatic N) is 1. The Hall–Kier alpha value is -1.02. The highest BCUT2D eigenvalue weighted by Crippen LogP contribution is 2.43. The number of H-pyrrole nitrogens is 1. The van der Waals surface area contributed by atoms with Crippen LogP contribution in [0.25, 0.3) is 0 Å². The van der Waals surface area contributed by atoms with Gasteiger partial charge in [-0.15, -0.1) is 0 Å². The molecule has 2 N–H and O–H groups in total. The number of sulfonamides is 1. The van der Waals surface area contributed by atoms with Crippen LogP contribution in [0.15, 0.2) is 12.3 Å². The standard InChI is InChI=1S/C9H13F2N3O2S/c10-9(11)8-3-6(8)5-17(15,16)13-4-7-1-2-12-14-7/h1-2,6,8-9,13H,3-5H2,(H,12,14)/t6-,8+/m0/s1. The molecular weight excluding hydrogens is 252 g/mol. The molecule has 2 atom stereocenters. The van der Waals surface area contributed by atoms with Crippen molar-refractivity contribution in [2.24, 2.45) is 11.8 Å². The maximum atomic E-state index is 12.2. The lowest BCUT2D eigenvalue weighted by Gasteiger charge is -2.04. The molecule has 0 aromatic carbocycles. The number of alkyl halides is 2. The van der Waals surface area contributed by atoms with Gasteiger partial charge in [0.15, 0.2) is 0 Å². The fourth-order valence-electron chi connectivity index (χ4n) is 1.68. The molecule has 1 heterocycles. The van der Waals surface area contributed by atoms with Crippen molar-refractivity contribution in [3.05, 3.63) is 18.0 Å². The van der Waals surface area contributed by atoms with Crippen LogP contribution in [-0.2, 0) is 16.6 Å². The second-order valence-electron chi connectivity index (χ2n) is 4.18. The van der Waals surface area contributed by atoms with Crippen LogP contribution in [0.4, 0.5) is 8.78 Å². The van der Waals surface area contributed by atoms with Crippen molar-refractivity contribution in [1.82, 2.24) is 14.9 Å². The van der Waals surface area contributed by atoms with E-state index >= 15 is 0 Å². The Kier molecular flexibility index (Phi) is 3.43. The van der Waals surface area contributed by atoms with E-state index in [0.29, 0.717) is 12.1 Å². The molecule has 0 spiro atoms. The summed E-state index contributed by atoms with van der Waals surface area (Å²) >= 11 is 0. The molecule has 0 aliphatic heterocycles. The van der Waals surface area contributed by atoms with Crippen molar-refractivity contribution < 1.29 is 17.2 Å². The van der Waals surface area contributed by atoms with Crippen LogP contribution in [0.3, 0.4) is 0 Å². The molecule has 1 aromatic heterocycles. The zero-order valence-electron chi connectivity index (χ0n) is 8.94. The lowest BCUT2D eigenvalue weighted by molar-refractivity contribution is 0.117. The highest BCUT2D eigenvalue weighted by atomic mass is 32.2. The minimum absolute atomic E-state index is 0.106. The van der Waals surface area contributed by atoms with Crippen molar-refractivity contribution in [1.29, 1.82) is 0 Å². The van der Waals surface area contributed by atoms with Crippen LogP contribution in [0, 0.1) is 11.8 Å². The Bertz CT molecular complexity index is 461. The molecule has 0 bridgehead atoms. The van der Waals surface area contributed by atoms with Gasteiger partial charge in [-0.25, -0.2) is 21.9 Å². The average molecular weight is 265 g/mol. The molecule has 17 heavy (non-hydrogen) atoms. The highest BCUT2D eigenvalue weighted by molar-refractivity contribution is 7.89. The number of hydrogen-bond acceptors (Lipinski definition) is 3. The van der Waals surface area contributed by atoms with Gasteiger partial charge < -0.3 is 0 Å². The van der Waals surface area contributed by atoms with Gasteiger partial charge >= 0.3 is 0 Å². The first-order valence-corrected chi connectivity index (χ1v) is 6.87. The predicted octanol–water partition coefficient (Wildman–Crippen LogP) is 0.730. The minimum atomic E-state index is -3.49. The smallest absolute Gasteiger partial charge is 0.241 e. The molecule has 0 unspecified atom stereocenters. The summed E-state index contributed by atoms with van der Waals surface area (Å²) in [4.78, 5) is 0. The van der Waals surface area contributed by atoms with E-state index in [1.54, 1.807) is 6.07 Å². The van der Waals surface area contributed by atoms with Gasteiger partial charge in [0.25, 0.3) is 0 Å². The van der Waals surface area contributed by atoms with E-state index < -0.39 is 28.3 Å². The molecule has 96 valence electrons. The zero-order chi connectivity index (χ0) is 12.5. The quantitative estimate of drug-likeness (QED) is 0.796. The van der Waals surface area contributed by atoms with Crippen LogP contribution in [0.1, 0.15) is 12.1 Å². The van der Waals surface area contributed by atoms with Crippen molar-refractivity contribution in [3.8, 4) is 0 Å². The lowest BCUT2D eigenvalue weighted by atomic mass is 10.4. The third-order valence-corrected chi connectivity index (χ3v) is 4.23. The van der Waals surface area contributed by atoms with Gasteiger partial charge in [0.1, 0.15) is 0 Å². The Morgan fingerprint density at radius 1 is 1.59 bits per heavy atom. The molecule has 0 saturated heterocycles. The first-order valence-electron chi connectivity index (χ1n) is 5.21. The molecule has 1 aliphatic carbocycles. The molecule has 5 nitrogen and oxygen atoms in total. The largest absolute Gasteiger partial charge is 0.281 e. The number of aromatic amines is 1. The topological polar surface area (TPSA) is 74.8 Å². The summed E-state index contributed by atoms with van der Waals surface area (Å²) in [5.74, 6) is -1.39. The Morgan fingerprint density at radius 2 is 2.35 bits per heavy atom. The fourth-order valence-corrected chi connectivity index (χ4v) is 3.12. The molecule has 0 radical (unpaired) electrons. The molecule has 1 aliphatic rings. The number of halogens is 2.